The third-order valence-corrected chi connectivity index (χ3v) is 8.24. The number of ether oxygens (including phenoxy) is 1. The second-order valence-electron chi connectivity index (χ2n) is 12.8. The number of hydrogen-bond acceptors (Lipinski definition) is 6. The number of allylic oxidation sites excluding steroid dienone is 1. The molecule has 3 N–H and O–H groups in total. The second kappa shape index (κ2) is 20.7. The summed E-state index contributed by atoms with van der Waals surface area (Å²) in [5.41, 5.74) is 7.79. The molecule has 0 radical (unpaired) electrons. The smallest absolute Gasteiger partial charge is 0.523 e. The molecule has 0 aromatic rings. The number of nitrogens with two attached hydrogens (primary N) is 1. The Bertz CT molecular complexity index is 806. The van der Waals surface area contributed by atoms with E-state index in [2.05, 4.69) is 60.3 Å². The SMILES string of the molecule is CC(C)(C)OC(N)=O.CC(CC/C=C\[C@@H]1CC1NC=O)CC(C)CC(=O)N1CCCC1C.C[N-]OSC1(C)CC1.[K+]. The van der Waals surface area contributed by atoms with Crippen LogP contribution >= 0.6 is 12.0 Å². The van der Waals surface area contributed by atoms with Gasteiger partial charge in [0.1, 0.15) is 5.60 Å². The number of amides is 3. The van der Waals surface area contributed by atoms with Crippen molar-refractivity contribution >= 4 is 30.5 Å². The average molecular weight is 623 g/mol. The standard InChI is InChI=1S/C20H34N2O2.C5H11NO2.C5H10NOS.K/c1-15(7-4-5-9-18-13-19(18)21-14-23)11-16(2)12-20(24)22-10-6-8-17(22)3;1-5(2,3)8-4(6)7;1-5(3-4-5)8-7-6-2;/h5,9,14-19H,4,6-8,10-13H2,1-3H3,(H,21,23);1-3H3,(H2,6,7);3-4H2,1-2H3;/q;;-1;+1/b9-5-;;;/t15?,16?,17?,18-,19?;;;/m1.../s1. The van der Waals surface area contributed by atoms with Gasteiger partial charge in [0.05, 0.1) is 0 Å². The predicted molar refractivity (Wildman–Crippen MR) is 163 cm³/mol. The Balaban J connectivity index is 0.000000770. The Hall–Kier alpha value is -0.144. The monoisotopic (exact) mass is 622 g/mol. The molecule has 0 spiro atoms. The third-order valence-electron chi connectivity index (χ3n) is 7.21. The van der Waals surface area contributed by atoms with Crippen molar-refractivity contribution in [3.63, 3.8) is 0 Å². The van der Waals surface area contributed by atoms with E-state index in [1.54, 1.807) is 27.8 Å². The van der Waals surface area contributed by atoms with Gasteiger partial charge in [-0.3, -0.25) is 9.59 Å². The van der Waals surface area contributed by atoms with E-state index in [0.29, 0.717) is 46.9 Å². The molecule has 232 valence electrons. The first-order valence-electron chi connectivity index (χ1n) is 14.8. The molecule has 0 aromatic heterocycles. The maximum absolute atomic E-state index is 12.4. The van der Waals surface area contributed by atoms with Crippen LogP contribution in [0.5, 0.6) is 0 Å². The zero-order chi connectivity index (χ0) is 30.3. The summed E-state index contributed by atoms with van der Waals surface area (Å²) < 4.78 is 9.78. The molecule has 0 aromatic carbocycles. The van der Waals surface area contributed by atoms with Crippen LogP contribution in [0.4, 0.5) is 4.79 Å². The molecule has 9 nitrogen and oxygen atoms in total. The van der Waals surface area contributed by atoms with Crippen molar-refractivity contribution in [3.8, 4) is 0 Å². The maximum atomic E-state index is 12.4. The molecule has 2 aliphatic carbocycles. The van der Waals surface area contributed by atoms with E-state index in [0.717, 1.165) is 45.1 Å². The molecule has 0 bridgehead atoms. The second-order valence-corrected chi connectivity index (χ2v) is 14.1. The van der Waals surface area contributed by atoms with Gasteiger partial charge in [0.25, 0.3) is 0 Å². The number of carbonyl (C=O) groups excluding carboxylic acids is 3. The summed E-state index contributed by atoms with van der Waals surface area (Å²) in [6.45, 7) is 15.1. The molecule has 4 unspecified atom stereocenters. The summed E-state index contributed by atoms with van der Waals surface area (Å²) in [6, 6.07) is 0.808. The van der Waals surface area contributed by atoms with Crippen LogP contribution in [0.25, 0.3) is 5.48 Å². The van der Waals surface area contributed by atoms with E-state index in [9.17, 15) is 14.4 Å². The summed E-state index contributed by atoms with van der Waals surface area (Å²) in [6.07, 6.45) is 14.6. The van der Waals surface area contributed by atoms with E-state index in [4.69, 9.17) is 10.0 Å². The normalized spacial score (nSPS) is 23.5. The zero-order valence-corrected chi connectivity index (χ0v) is 31.1. The number of rotatable bonds is 13. The van der Waals surface area contributed by atoms with Gasteiger partial charge in [-0.2, -0.15) is 0 Å². The minimum atomic E-state index is -0.725. The molecule has 3 aliphatic rings. The van der Waals surface area contributed by atoms with Crippen LogP contribution in [0.1, 0.15) is 106 Å². The minimum Gasteiger partial charge on any atom is -0.523 e. The fourth-order valence-electron chi connectivity index (χ4n) is 4.65. The maximum Gasteiger partial charge on any atom is 1.00 e. The summed E-state index contributed by atoms with van der Waals surface area (Å²) >= 11 is 1.48. The number of hydrogen-bond donors (Lipinski definition) is 2. The van der Waals surface area contributed by atoms with E-state index < -0.39 is 11.7 Å². The van der Waals surface area contributed by atoms with Gasteiger partial charge in [-0.1, -0.05) is 26.0 Å². The molecule has 5 atom stereocenters. The summed E-state index contributed by atoms with van der Waals surface area (Å²) in [5, 5.41) is 2.82. The third kappa shape index (κ3) is 20.4. The number of hydroxylamine groups is 1. The van der Waals surface area contributed by atoms with Crippen LogP contribution in [0.2, 0.25) is 0 Å². The van der Waals surface area contributed by atoms with Gasteiger partial charge >= 0.3 is 57.5 Å². The molecule has 3 fully saturated rings. The van der Waals surface area contributed by atoms with Crippen LogP contribution < -0.4 is 62.4 Å². The minimum absolute atomic E-state index is 0. The fraction of sp³-hybridized carbons (Fsp3) is 0.833. The van der Waals surface area contributed by atoms with Gasteiger partial charge in [0.2, 0.25) is 12.3 Å². The van der Waals surface area contributed by atoms with E-state index in [-0.39, 0.29) is 51.4 Å². The molecule has 41 heavy (non-hydrogen) atoms. The Labute approximate surface area is 296 Å². The van der Waals surface area contributed by atoms with E-state index in [1.165, 1.54) is 31.3 Å². The predicted octanol–water partition coefficient (Wildman–Crippen LogP) is 3.53. The van der Waals surface area contributed by atoms with Crippen LogP contribution in [0.3, 0.4) is 0 Å². The van der Waals surface area contributed by atoms with E-state index >= 15 is 0 Å². The first-order valence-corrected chi connectivity index (χ1v) is 15.5. The Kier molecular flexibility index (Phi) is 20.7. The fourth-order valence-corrected chi connectivity index (χ4v) is 5.18. The summed E-state index contributed by atoms with van der Waals surface area (Å²) in [5.74, 6) is 2.01. The van der Waals surface area contributed by atoms with Gasteiger partial charge in [0.15, 0.2) is 0 Å². The van der Waals surface area contributed by atoms with Crippen LogP contribution in [-0.4, -0.2) is 59.3 Å². The largest absolute Gasteiger partial charge is 1.00 e. The first-order chi connectivity index (χ1) is 18.7. The summed E-state index contributed by atoms with van der Waals surface area (Å²) in [7, 11) is 1.65. The summed E-state index contributed by atoms with van der Waals surface area (Å²) in [4.78, 5) is 34.8. The van der Waals surface area contributed by atoms with Crippen molar-refractivity contribution in [1.29, 1.82) is 0 Å². The zero-order valence-electron chi connectivity index (χ0n) is 27.1. The topological polar surface area (TPSA) is 125 Å². The van der Waals surface area contributed by atoms with Gasteiger partial charge in [0, 0.05) is 29.8 Å². The number of nitrogens with zero attached hydrogens (tertiary/aromatic N) is 2. The van der Waals surface area contributed by atoms with Crippen LogP contribution in [-0.2, 0) is 18.6 Å². The van der Waals surface area contributed by atoms with Crippen LogP contribution in [0, 0.1) is 17.8 Å². The molecular weight excluding hydrogens is 568 g/mol. The molecular formula is C30H55KN4O5S. The van der Waals surface area contributed by atoms with Crippen LogP contribution in [0.15, 0.2) is 12.2 Å². The number of primary amides is 1. The molecule has 1 saturated heterocycles. The average Bonchev–Trinajstić information content (AvgIpc) is 3.72. The van der Waals surface area contributed by atoms with Crippen molar-refractivity contribution in [2.24, 2.45) is 23.5 Å². The van der Waals surface area contributed by atoms with E-state index in [1.807, 2.05) is 0 Å². The number of nitrogens with one attached hydrogen (secondary N) is 1. The van der Waals surface area contributed by atoms with Crippen molar-refractivity contribution in [2.45, 2.75) is 129 Å². The Morgan fingerprint density at radius 1 is 1.24 bits per heavy atom. The Morgan fingerprint density at radius 3 is 2.37 bits per heavy atom. The van der Waals surface area contributed by atoms with Crippen molar-refractivity contribution < 1.29 is 74.8 Å². The molecule has 2 saturated carbocycles. The quantitative estimate of drug-likeness (QED) is 0.106. The first kappa shape index (κ1) is 40.9. The molecule has 3 amide bonds. The molecule has 11 heteroatoms. The Morgan fingerprint density at radius 2 is 1.90 bits per heavy atom. The molecule has 1 heterocycles. The van der Waals surface area contributed by atoms with Gasteiger partial charge in [-0.05, 0) is 116 Å². The van der Waals surface area contributed by atoms with Gasteiger partial charge < -0.3 is 30.5 Å². The molecule has 3 rings (SSSR count). The number of likely N-dealkylation sites (tertiary alicyclic amines) is 1. The number of carbonyl (C=O) groups is 3. The molecule has 1 aliphatic heterocycles. The van der Waals surface area contributed by atoms with Crippen molar-refractivity contribution in [1.82, 2.24) is 10.2 Å². The van der Waals surface area contributed by atoms with Crippen molar-refractivity contribution in [3.05, 3.63) is 17.6 Å². The van der Waals surface area contributed by atoms with Gasteiger partial charge in [-0.15, -0.1) is 7.05 Å². The van der Waals surface area contributed by atoms with Crippen molar-refractivity contribution in [2.75, 3.05) is 13.6 Å². The van der Waals surface area contributed by atoms with Gasteiger partial charge in [-0.25, -0.2) is 4.79 Å².